The lowest BCUT2D eigenvalue weighted by Gasteiger charge is -2.07. The molecule has 5 heteroatoms. The Morgan fingerprint density at radius 1 is 0.913 bits per heavy atom. The molecular formula is C18H30N2O3. The first-order valence-corrected chi connectivity index (χ1v) is 8.65. The van der Waals surface area contributed by atoms with Crippen molar-refractivity contribution in [2.75, 3.05) is 13.2 Å². The molecule has 0 saturated heterocycles. The summed E-state index contributed by atoms with van der Waals surface area (Å²) >= 11 is 0. The Hall–Kier alpha value is -1.59. The van der Waals surface area contributed by atoms with Crippen LogP contribution in [0.15, 0.2) is 24.3 Å². The maximum Gasteiger partial charge on any atom is 0.274 e. The van der Waals surface area contributed by atoms with Crippen molar-refractivity contribution >= 4 is 5.91 Å². The van der Waals surface area contributed by atoms with Gasteiger partial charge in [-0.1, -0.05) is 44.9 Å². The van der Waals surface area contributed by atoms with Crippen molar-refractivity contribution in [3.05, 3.63) is 29.8 Å². The lowest BCUT2D eigenvalue weighted by atomic mass is 10.1. The highest BCUT2D eigenvalue weighted by Crippen LogP contribution is 2.14. The van der Waals surface area contributed by atoms with Crippen molar-refractivity contribution in [3.63, 3.8) is 0 Å². The first-order chi connectivity index (χ1) is 11.3. The molecule has 5 nitrogen and oxygen atoms in total. The summed E-state index contributed by atoms with van der Waals surface area (Å²) in [6.07, 6.45) is 11.2. The van der Waals surface area contributed by atoms with Gasteiger partial charge in [0.15, 0.2) is 0 Å². The zero-order valence-electron chi connectivity index (χ0n) is 13.9. The summed E-state index contributed by atoms with van der Waals surface area (Å²) in [7, 11) is 0. The van der Waals surface area contributed by atoms with E-state index in [-0.39, 0.29) is 0 Å². The second-order valence-corrected chi connectivity index (χ2v) is 5.78. The van der Waals surface area contributed by atoms with Crippen molar-refractivity contribution in [3.8, 4) is 5.75 Å². The van der Waals surface area contributed by atoms with E-state index in [1.807, 2.05) is 0 Å². The lowest BCUT2D eigenvalue weighted by Crippen LogP contribution is -2.18. The van der Waals surface area contributed by atoms with E-state index in [9.17, 15) is 4.79 Å². The largest absolute Gasteiger partial charge is 0.494 e. The summed E-state index contributed by atoms with van der Waals surface area (Å²) < 4.78 is 5.64. The predicted octanol–water partition coefficient (Wildman–Crippen LogP) is 3.65. The van der Waals surface area contributed by atoms with E-state index in [2.05, 4.69) is 0 Å². The topological polar surface area (TPSA) is 84.6 Å². The highest BCUT2D eigenvalue weighted by Gasteiger charge is 2.03. The minimum Gasteiger partial charge on any atom is -0.494 e. The quantitative estimate of drug-likeness (QED) is 0.294. The number of nitrogens with one attached hydrogen (secondary N) is 1. The Labute approximate surface area is 139 Å². The second-order valence-electron chi connectivity index (χ2n) is 5.78. The number of hydroxylamine groups is 1. The molecule has 0 aliphatic rings. The number of carbonyl (C=O) groups is 1. The number of hydrogen-bond donors (Lipinski definition) is 3. The number of hydrogen-bond acceptors (Lipinski definition) is 4. The van der Waals surface area contributed by atoms with E-state index in [1.54, 1.807) is 29.7 Å². The molecule has 1 rings (SSSR count). The van der Waals surface area contributed by atoms with Gasteiger partial charge in [-0.05, 0) is 43.7 Å². The van der Waals surface area contributed by atoms with Crippen LogP contribution in [-0.4, -0.2) is 24.3 Å². The molecular weight excluding hydrogens is 292 g/mol. The summed E-state index contributed by atoms with van der Waals surface area (Å²) in [5.41, 5.74) is 7.48. The van der Waals surface area contributed by atoms with Crippen LogP contribution in [0.2, 0.25) is 0 Å². The Morgan fingerprint density at radius 3 is 1.96 bits per heavy atom. The standard InChI is InChI=1S/C18H30N2O3/c19-14-8-6-4-2-1-3-5-7-9-15-23-17-12-10-16(11-13-17)18(21)20-22/h10-13,22H,1-9,14-15,19H2,(H,20,21). The number of unbranched alkanes of at least 4 members (excludes halogenated alkanes) is 8. The van der Waals surface area contributed by atoms with Gasteiger partial charge in [0.2, 0.25) is 0 Å². The summed E-state index contributed by atoms with van der Waals surface area (Å²) in [5, 5.41) is 8.54. The van der Waals surface area contributed by atoms with E-state index < -0.39 is 5.91 Å². The SMILES string of the molecule is NCCCCCCCCCCCOc1ccc(C(=O)NO)cc1. The Balaban J connectivity index is 1.97. The van der Waals surface area contributed by atoms with Gasteiger partial charge in [0.05, 0.1) is 6.61 Å². The monoisotopic (exact) mass is 322 g/mol. The third-order valence-electron chi connectivity index (χ3n) is 3.84. The van der Waals surface area contributed by atoms with Crippen LogP contribution in [0.4, 0.5) is 0 Å². The van der Waals surface area contributed by atoms with E-state index in [0.717, 1.165) is 25.1 Å². The van der Waals surface area contributed by atoms with Crippen LogP contribution in [0, 0.1) is 0 Å². The van der Waals surface area contributed by atoms with Gasteiger partial charge in [0.25, 0.3) is 5.91 Å². The van der Waals surface area contributed by atoms with Crippen LogP contribution in [0.5, 0.6) is 5.75 Å². The third-order valence-corrected chi connectivity index (χ3v) is 3.84. The van der Waals surface area contributed by atoms with Gasteiger partial charge >= 0.3 is 0 Å². The van der Waals surface area contributed by atoms with Gasteiger partial charge in [-0.2, -0.15) is 0 Å². The minimum atomic E-state index is -0.514. The van der Waals surface area contributed by atoms with Gasteiger partial charge < -0.3 is 10.5 Å². The van der Waals surface area contributed by atoms with Crippen molar-refractivity contribution in [1.82, 2.24) is 5.48 Å². The average molecular weight is 322 g/mol. The van der Waals surface area contributed by atoms with E-state index in [4.69, 9.17) is 15.7 Å². The molecule has 0 atom stereocenters. The van der Waals surface area contributed by atoms with Crippen molar-refractivity contribution < 1.29 is 14.7 Å². The molecule has 1 amide bonds. The summed E-state index contributed by atoms with van der Waals surface area (Å²) in [6.45, 7) is 1.51. The molecule has 4 N–H and O–H groups in total. The molecule has 23 heavy (non-hydrogen) atoms. The van der Waals surface area contributed by atoms with Crippen LogP contribution in [0.25, 0.3) is 0 Å². The normalized spacial score (nSPS) is 10.5. The van der Waals surface area contributed by atoms with Gasteiger partial charge in [0, 0.05) is 5.56 Å². The van der Waals surface area contributed by atoms with Gasteiger partial charge in [-0.25, -0.2) is 5.48 Å². The smallest absolute Gasteiger partial charge is 0.274 e. The number of ether oxygens (including phenoxy) is 1. The van der Waals surface area contributed by atoms with Crippen molar-refractivity contribution in [2.24, 2.45) is 5.73 Å². The molecule has 1 aromatic carbocycles. The van der Waals surface area contributed by atoms with Gasteiger partial charge in [-0.15, -0.1) is 0 Å². The molecule has 0 aliphatic heterocycles. The van der Waals surface area contributed by atoms with Crippen LogP contribution < -0.4 is 16.0 Å². The van der Waals surface area contributed by atoms with E-state index >= 15 is 0 Å². The maximum atomic E-state index is 11.2. The Bertz CT molecular complexity index is 421. The fourth-order valence-electron chi connectivity index (χ4n) is 2.44. The first-order valence-electron chi connectivity index (χ1n) is 8.65. The zero-order valence-corrected chi connectivity index (χ0v) is 13.9. The maximum absolute atomic E-state index is 11.2. The molecule has 0 aromatic heterocycles. The van der Waals surface area contributed by atoms with E-state index in [1.165, 1.54) is 44.9 Å². The molecule has 0 heterocycles. The van der Waals surface area contributed by atoms with Crippen LogP contribution in [0.1, 0.15) is 68.1 Å². The Kier molecular flexibility index (Phi) is 10.9. The lowest BCUT2D eigenvalue weighted by molar-refractivity contribution is 0.0706. The highest BCUT2D eigenvalue weighted by atomic mass is 16.5. The first kappa shape index (κ1) is 19.5. The molecule has 130 valence electrons. The highest BCUT2D eigenvalue weighted by molar-refractivity contribution is 5.93. The zero-order chi connectivity index (χ0) is 16.8. The molecule has 0 aliphatic carbocycles. The van der Waals surface area contributed by atoms with Crippen LogP contribution >= 0.6 is 0 Å². The summed E-state index contributed by atoms with van der Waals surface area (Å²) in [6, 6.07) is 6.74. The molecule has 0 fully saturated rings. The average Bonchev–Trinajstić information content (AvgIpc) is 2.59. The molecule has 0 unspecified atom stereocenters. The van der Waals surface area contributed by atoms with E-state index in [0.29, 0.717) is 12.2 Å². The molecule has 0 bridgehead atoms. The third kappa shape index (κ3) is 9.21. The fraction of sp³-hybridized carbons (Fsp3) is 0.611. The molecule has 0 radical (unpaired) electrons. The number of benzene rings is 1. The summed E-state index contributed by atoms with van der Waals surface area (Å²) in [5.74, 6) is 0.235. The van der Waals surface area contributed by atoms with Crippen molar-refractivity contribution in [2.45, 2.75) is 57.8 Å². The predicted molar refractivity (Wildman–Crippen MR) is 91.8 cm³/mol. The van der Waals surface area contributed by atoms with Crippen LogP contribution in [-0.2, 0) is 0 Å². The number of carbonyl (C=O) groups excluding carboxylic acids is 1. The van der Waals surface area contributed by atoms with Gasteiger partial charge in [-0.3, -0.25) is 10.0 Å². The Morgan fingerprint density at radius 2 is 1.43 bits per heavy atom. The minimum absolute atomic E-state index is 0.409. The fourth-order valence-corrected chi connectivity index (χ4v) is 2.44. The molecule has 1 aromatic rings. The number of nitrogens with two attached hydrogens (primary N) is 1. The number of rotatable bonds is 13. The molecule has 0 saturated carbocycles. The summed E-state index contributed by atoms with van der Waals surface area (Å²) in [4.78, 5) is 11.2. The number of amides is 1. The second kappa shape index (κ2) is 12.9. The van der Waals surface area contributed by atoms with Gasteiger partial charge in [0.1, 0.15) is 5.75 Å². The molecule has 0 spiro atoms. The van der Waals surface area contributed by atoms with Crippen molar-refractivity contribution in [1.29, 1.82) is 0 Å². The van der Waals surface area contributed by atoms with Crippen LogP contribution in [0.3, 0.4) is 0 Å².